The summed E-state index contributed by atoms with van der Waals surface area (Å²) in [6.45, 7) is 0.347. The molecular weight excluding hydrogens is 232 g/mol. The highest BCUT2D eigenvalue weighted by Crippen LogP contribution is 2.29. The Morgan fingerprint density at radius 3 is 2.72 bits per heavy atom. The predicted molar refractivity (Wildman–Crippen MR) is 67.1 cm³/mol. The summed E-state index contributed by atoms with van der Waals surface area (Å²) in [5, 5.41) is 0. The van der Waals surface area contributed by atoms with E-state index in [1.165, 1.54) is 6.07 Å². The van der Waals surface area contributed by atoms with Crippen LogP contribution in [0.3, 0.4) is 0 Å². The van der Waals surface area contributed by atoms with Gasteiger partial charge >= 0.3 is 0 Å². The zero-order valence-electron chi connectivity index (χ0n) is 10.3. The minimum atomic E-state index is -0.0795. The van der Waals surface area contributed by atoms with Gasteiger partial charge in [0.05, 0.1) is 20.8 Å². The van der Waals surface area contributed by atoms with E-state index >= 15 is 0 Å². The van der Waals surface area contributed by atoms with Crippen molar-refractivity contribution in [3.8, 4) is 11.5 Å². The topological polar surface area (TPSA) is 53.4 Å². The summed E-state index contributed by atoms with van der Waals surface area (Å²) in [4.78, 5) is 15.9. The Hall–Kier alpha value is -2.30. The highest BCUT2D eigenvalue weighted by molar-refractivity contribution is 5.42. The van der Waals surface area contributed by atoms with Crippen molar-refractivity contribution in [2.24, 2.45) is 0 Å². The molecule has 0 radical (unpaired) electrons. The van der Waals surface area contributed by atoms with Crippen molar-refractivity contribution in [1.29, 1.82) is 0 Å². The van der Waals surface area contributed by atoms with Crippen molar-refractivity contribution in [2.45, 2.75) is 6.54 Å². The zero-order chi connectivity index (χ0) is 13.0. The molecule has 94 valence electrons. The second-order valence-corrected chi connectivity index (χ2v) is 3.66. The molecule has 0 amide bonds. The molecular formula is C13H14N2O3. The number of hydrogen-bond donors (Lipinski definition) is 0. The maximum absolute atomic E-state index is 11.6. The molecule has 0 unspecified atom stereocenters. The molecule has 0 atom stereocenters. The van der Waals surface area contributed by atoms with Crippen LogP contribution in [0.4, 0.5) is 0 Å². The number of methoxy groups -OCH3 is 2. The van der Waals surface area contributed by atoms with E-state index in [1.807, 2.05) is 0 Å². The lowest BCUT2D eigenvalue weighted by Crippen LogP contribution is -2.19. The predicted octanol–water partition coefficient (Wildman–Crippen LogP) is 1.31. The highest BCUT2D eigenvalue weighted by atomic mass is 16.5. The van der Waals surface area contributed by atoms with Crippen molar-refractivity contribution in [1.82, 2.24) is 9.55 Å². The Morgan fingerprint density at radius 2 is 2.06 bits per heavy atom. The molecule has 0 aliphatic rings. The van der Waals surface area contributed by atoms with Gasteiger partial charge < -0.3 is 14.0 Å². The van der Waals surface area contributed by atoms with Crippen LogP contribution in [0.2, 0.25) is 0 Å². The molecule has 0 bridgehead atoms. The second kappa shape index (κ2) is 5.35. The molecule has 0 saturated heterocycles. The van der Waals surface area contributed by atoms with Crippen LogP contribution in [0.15, 0.2) is 41.5 Å². The molecule has 0 fully saturated rings. The summed E-state index contributed by atoms with van der Waals surface area (Å²) < 4.78 is 12.0. The molecule has 2 rings (SSSR count). The zero-order valence-corrected chi connectivity index (χ0v) is 10.3. The van der Waals surface area contributed by atoms with Crippen LogP contribution in [0.1, 0.15) is 5.69 Å². The van der Waals surface area contributed by atoms with Crippen molar-refractivity contribution in [3.05, 3.63) is 52.7 Å². The molecule has 2 heterocycles. The molecule has 5 heteroatoms. The lowest BCUT2D eigenvalue weighted by atomic mass is 10.3. The van der Waals surface area contributed by atoms with E-state index in [1.54, 1.807) is 49.4 Å². The Bertz CT molecular complexity index is 593. The third-order valence-electron chi connectivity index (χ3n) is 2.59. The van der Waals surface area contributed by atoms with Crippen molar-refractivity contribution in [3.63, 3.8) is 0 Å². The van der Waals surface area contributed by atoms with Gasteiger partial charge in [-0.25, -0.2) is 0 Å². The van der Waals surface area contributed by atoms with E-state index in [-0.39, 0.29) is 5.56 Å². The van der Waals surface area contributed by atoms with Gasteiger partial charge in [-0.05, 0) is 6.07 Å². The Kier molecular flexibility index (Phi) is 3.62. The molecule has 0 aliphatic heterocycles. The van der Waals surface area contributed by atoms with E-state index in [0.717, 1.165) is 0 Å². The fourth-order valence-electron chi connectivity index (χ4n) is 1.72. The van der Waals surface area contributed by atoms with E-state index < -0.39 is 0 Å². The summed E-state index contributed by atoms with van der Waals surface area (Å²) >= 11 is 0. The van der Waals surface area contributed by atoms with Gasteiger partial charge in [0.2, 0.25) is 0 Å². The van der Waals surface area contributed by atoms with Gasteiger partial charge in [0, 0.05) is 24.5 Å². The fraction of sp³-hybridized carbons (Fsp3) is 0.231. The SMILES string of the molecule is COc1ccnc(Cn2ccccc2=O)c1OC. The number of rotatable bonds is 4. The highest BCUT2D eigenvalue weighted by Gasteiger charge is 2.11. The lowest BCUT2D eigenvalue weighted by Gasteiger charge is -2.12. The van der Waals surface area contributed by atoms with Crippen LogP contribution in [-0.4, -0.2) is 23.8 Å². The second-order valence-electron chi connectivity index (χ2n) is 3.66. The normalized spacial score (nSPS) is 10.1. The quantitative estimate of drug-likeness (QED) is 0.816. The largest absolute Gasteiger partial charge is 0.493 e. The van der Waals surface area contributed by atoms with Crippen LogP contribution in [0, 0.1) is 0 Å². The van der Waals surface area contributed by atoms with E-state index in [2.05, 4.69) is 4.98 Å². The lowest BCUT2D eigenvalue weighted by molar-refractivity contribution is 0.348. The first kappa shape index (κ1) is 12.2. The van der Waals surface area contributed by atoms with E-state index in [0.29, 0.717) is 23.7 Å². The number of aromatic nitrogens is 2. The number of ether oxygens (including phenoxy) is 2. The van der Waals surface area contributed by atoms with Gasteiger partial charge in [0.25, 0.3) is 5.56 Å². The summed E-state index contributed by atoms with van der Waals surface area (Å²) in [5.74, 6) is 1.15. The average Bonchev–Trinajstić information content (AvgIpc) is 2.41. The summed E-state index contributed by atoms with van der Waals surface area (Å²) in [6.07, 6.45) is 3.34. The molecule has 18 heavy (non-hydrogen) atoms. The molecule has 2 aromatic heterocycles. The summed E-state index contributed by atoms with van der Waals surface area (Å²) in [5.41, 5.74) is 0.578. The third-order valence-corrected chi connectivity index (χ3v) is 2.59. The van der Waals surface area contributed by atoms with Gasteiger partial charge in [-0.15, -0.1) is 0 Å². The van der Waals surface area contributed by atoms with Crippen LogP contribution in [0.5, 0.6) is 11.5 Å². The van der Waals surface area contributed by atoms with Crippen molar-refractivity contribution >= 4 is 0 Å². The summed E-state index contributed by atoms with van der Waals surface area (Å²) in [6, 6.07) is 6.73. The minimum absolute atomic E-state index is 0.0795. The molecule has 0 spiro atoms. The maximum atomic E-state index is 11.6. The maximum Gasteiger partial charge on any atom is 0.250 e. The van der Waals surface area contributed by atoms with Crippen LogP contribution >= 0.6 is 0 Å². The molecule has 0 aliphatic carbocycles. The third kappa shape index (κ3) is 2.34. The number of pyridine rings is 2. The smallest absolute Gasteiger partial charge is 0.250 e. The first-order valence-electron chi connectivity index (χ1n) is 5.47. The van der Waals surface area contributed by atoms with Crippen molar-refractivity contribution < 1.29 is 9.47 Å². The first-order chi connectivity index (χ1) is 8.76. The molecule has 5 nitrogen and oxygen atoms in total. The van der Waals surface area contributed by atoms with Crippen LogP contribution in [0.25, 0.3) is 0 Å². The van der Waals surface area contributed by atoms with Gasteiger partial charge in [0.1, 0.15) is 5.69 Å². The Balaban J connectivity index is 2.41. The Labute approximate surface area is 105 Å². The minimum Gasteiger partial charge on any atom is -0.493 e. The first-order valence-corrected chi connectivity index (χ1v) is 5.47. The van der Waals surface area contributed by atoms with Gasteiger partial charge in [0.15, 0.2) is 11.5 Å². The molecule has 0 N–H and O–H groups in total. The van der Waals surface area contributed by atoms with Gasteiger partial charge in [-0.2, -0.15) is 0 Å². The van der Waals surface area contributed by atoms with Gasteiger partial charge in [-0.3, -0.25) is 9.78 Å². The molecule has 2 aromatic rings. The average molecular weight is 246 g/mol. The van der Waals surface area contributed by atoms with E-state index in [9.17, 15) is 4.79 Å². The van der Waals surface area contributed by atoms with Gasteiger partial charge in [-0.1, -0.05) is 6.07 Å². The van der Waals surface area contributed by atoms with Crippen molar-refractivity contribution in [2.75, 3.05) is 14.2 Å². The number of nitrogens with zero attached hydrogens (tertiary/aromatic N) is 2. The van der Waals surface area contributed by atoms with Crippen LogP contribution < -0.4 is 15.0 Å². The molecule has 0 saturated carbocycles. The molecule has 0 aromatic carbocycles. The standard InChI is InChI=1S/C13H14N2O3/c1-17-11-6-7-14-10(13(11)18-2)9-15-8-4-3-5-12(15)16/h3-8H,9H2,1-2H3. The number of hydrogen-bond acceptors (Lipinski definition) is 4. The monoisotopic (exact) mass is 246 g/mol. The fourth-order valence-corrected chi connectivity index (χ4v) is 1.72. The van der Waals surface area contributed by atoms with E-state index in [4.69, 9.17) is 9.47 Å². The van der Waals surface area contributed by atoms with Crippen LogP contribution in [-0.2, 0) is 6.54 Å². The summed E-state index contributed by atoms with van der Waals surface area (Å²) in [7, 11) is 3.12. The Morgan fingerprint density at radius 1 is 1.22 bits per heavy atom.